The normalized spacial score (nSPS) is 11.4. The highest BCUT2D eigenvalue weighted by molar-refractivity contribution is 7.93. The van der Waals surface area contributed by atoms with E-state index in [2.05, 4.69) is 9.44 Å². The average molecular weight is 571 g/mol. The summed E-state index contributed by atoms with van der Waals surface area (Å²) in [6.45, 7) is 0. The number of nitrogens with zero attached hydrogens (tertiary/aromatic N) is 2. The maximum absolute atomic E-state index is 12.6. The Morgan fingerprint density at radius 2 is 0.821 bits per heavy atom. The topological polar surface area (TPSA) is 188 Å². The second-order valence-electron chi connectivity index (χ2n) is 7.86. The van der Waals surface area contributed by atoms with E-state index in [4.69, 9.17) is 4.74 Å². The van der Waals surface area contributed by atoms with Gasteiger partial charge >= 0.3 is 0 Å². The second kappa shape index (κ2) is 10.8. The van der Waals surface area contributed by atoms with Gasteiger partial charge in [0.15, 0.2) is 0 Å². The quantitative estimate of drug-likeness (QED) is 0.197. The smallest absolute Gasteiger partial charge is 0.269 e. The van der Waals surface area contributed by atoms with E-state index in [-0.39, 0.29) is 44.0 Å². The van der Waals surface area contributed by atoms with E-state index in [0.29, 0.717) is 0 Å². The Labute approximate surface area is 222 Å². The molecule has 0 atom stereocenters. The summed E-state index contributed by atoms with van der Waals surface area (Å²) >= 11 is 0. The zero-order valence-electron chi connectivity index (χ0n) is 19.6. The minimum absolute atomic E-state index is 0.0769. The van der Waals surface area contributed by atoms with Crippen molar-refractivity contribution in [3.63, 3.8) is 0 Å². The Bertz CT molecular complexity index is 1590. The molecule has 2 N–H and O–H groups in total. The van der Waals surface area contributed by atoms with Gasteiger partial charge in [0, 0.05) is 35.6 Å². The number of nitro benzene ring substituents is 2. The van der Waals surface area contributed by atoms with Crippen LogP contribution in [0.25, 0.3) is 0 Å². The number of rotatable bonds is 10. The fourth-order valence-corrected chi connectivity index (χ4v) is 5.36. The van der Waals surface area contributed by atoms with Crippen LogP contribution in [0.4, 0.5) is 22.7 Å². The molecule has 0 radical (unpaired) electrons. The number of non-ortho nitro benzene ring substituents is 2. The van der Waals surface area contributed by atoms with Gasteiger partial charge in [-0.05, 0) is 72.8 Å². The van der Waals surface area contributed by atoms with Gasteiger partial charge in [0.25, 0.3) is 31.4 Å². The first-order chi connectivity index (χ1) is 18.4. The van der Waals surface area contributed by atoms with Gasteiger partial charge in [0.1, 0.15) is 11.5 Å². The van der Waals surface area contributed by atoms with Gasteiger partial charge in [-0.3, -0.25) is 29.7 Å². The molecule has 4 aromatic carbocycles. The van der Waals surface area contributed by atoms with Crippen molar-refractivity contribution in [1.82, 2.24) is 0 Å². The average Bonchev–Trinajstić information content (AvgIpc) is 2.89. The molecule has 0 aliphatic carbocycles. The lowest BCUT2D eigenvalue weighted by Crippen LogP contribution is -2.13. The number of nitro groups is 2. The summed E-state index contributed by atoms with van der Waals surface area (Å²) in [4.78, 5) is 20.1. The predicted molar refractivity (Wildman–Crippen MR) is 141 cm³/mol. The lowest BCUT2D eigenvalue weighted by molar-refractivity contribution is -0.385. The van der Waals surface area contributed by atoms with Crippen LogP contribution in [0, 0.1) is 20.2 Å². The zero-order chi connectivity index (χ0) is 28.2. The van der Waals surface area contributed by atoms with Crippen LogP contribution in [0.15, 0.2) is 107 Å². The lowest BCUT2D eigenvalue weighted by atomic mass is 10.3. The van der Waals surface area contributed by atoms with Crippen molar-refractivity contribution in [1.29, 1.82) is 0 Å². The second-order valence-corrected chi connectivity index (χ2v) is 11.2. The standard InChI is InChI=1S/C24H18N4O9S2/c29-27(30)19-5-1-17(2-6-19)25-38(33,34)23-13-9-21(10-14-23)37-22-11-15-24(16-12-22)39(35,36)26-18-3-7-20(8-4-18)28(31)32/h1-16,25-26H. The number of nitrogens with one attached hydrogen (secondary N) is 2. The molecule has 13 nitrogen and oxygen atoms in total. The molecule has 0 saturated heterocycles. The number of sulfonamides is 2. The minimum Gasteiger partial charge on any atom is -0.457 e. The van der Waals surface area contributed by atoms with Gasteiger partial charge < -0.3 is 4.74 Å². The van der Waals surface area contributed by atoms with E-state index >= 15 is 0 Å². The molecule has 0 aliphatic rings. The Hall–Kier alpha value is -5.02. The van der Waals surface area contributed by atoms with Gasteiger partial charge in [-0.25, -0.2) is 16.8 Å². The third-order valence-electron chi connectivity index (χ3n) is 5.16. The maximum atomic E-state index is 12.6. The van der Waals surface area contributed by atoms with Crippen LogP contribution < -0.4 is 14.2 Å². The first-order valence-electron chi connectivity index (χ1n) is 10.9. The first-order valence-corrected chi connectivity index (χ1v) is 13.8. The molecule has 0 spiro atoms. The number of anilines is 2. The largest absolute Gasteiger partial charge is 0.457 e. The molecular weight excluding hydrogens is 552 g/mol. The van der Waals surface area contributed by atoms with Crippen LogP contribution in [-0.2, 0) is 20.0 Å². The minimum atomic E-state index is -3.97. The number of benzene rings is 4. The molecule has 0 saturated carbocycles. The Morgan fingerprint density at radius 1 is 0.513 bits per heavy atom. The summed E-state index contributed by atoms with van der Waals surface area (Å²) in [7, 11) is -7.95. The van der Waals surface area contributed by atoms with Crippen molar-refractivity contribution in [3.05, 3.63) is 117 Å². The third-order valence-corrected chi connectivity index (χ3v) is 7.96. The molecule has 200 valence electrons. The van der Waals surface area contributed by atoms with Crippen LogP contribution in [0.1, 0.15) is 0 Å². The summed E-state index contributed by atoms with van der Waals surface area (Å²) in [6.07, 6.45) is 0. The number of ether oxygens (including phenoxy) is 1. The fourth-order valence-electron chi connectivity index (χ4n) is 3.24. The molecule has 0 fully saturated rings. The van der Waals surface area contributed by atoms with Crippen molar-refractivity contribution in [2.24, 2.45) is 0 Å². The monoisotopic (exact) mass is 570 g/mol. The number of hydrogen-bond acceptors (Lipinski definition) is 9. The molecule has 0 aliphatic heterocycles. The molecular formula is C24H18N4O9S2. The highest BCUT2D eigenvalue weighted by Crippen LogP contribution is 2.26. The van der Waals surface area contributed by atoms with E-state index in [1.807, 2.05) is 0 Å². The van der Waals surface area contributed by atoms with Crippen molar-refractivity contribution < 1.29 is 31.4 Å². The number of hydrogen-bond donors (Lipinski definition) is 2. The summed E-state index contributed by atoms with van der Waals surface area (Å²) in [5.41, 5.74) is -0.0465. The fraction of sp³-hybridized carbons (Fsp3) is 0. The van der Waals surface area contributed by atoms with Crippen molar-refractivity contribution in [2.45, 2.75) is 9.79 Å². The van der Waals surface area contributed by atoms with E-state index in [1.54, 1.807) is 0 Å². The summed E-state index contributed by atoms with van der Waals surface area (Å²) in [6, 6.07) is 20.7. The Morgan fingerprint density at radius 3 is 1.10 bits per heavy atom. The van der Waals surface area contributed by atoms with Crippen molar-refractivity contribution >= 4 is 42.8 Å². The van der Waals surface area contributed by atoms with Crippen molar-refractivity contribution in [3.8, 4) is 11.5 Å². The van der Waals surface area contributed by atoms with E-state index in [9.17, 15) is 37.1 Å². The van der Waals surface area contributed by atoms with E-state index < -0.39 is 29.9 Å². The van der Waals surface area contributed by atoms with Crippen LogP contribution in [0.5, 0.6) is 11.5 Å². The van der Waals surface area contributed by atoms with Crippen LogP contribution >= 0.6 is 0 Å². The molecule has 15 heteroatoms. The molecule has 0 aromatic heterocycles. The highest BCUT2D eigenvalue weighted by atomic mass is 32.2. The maximum Gasteiger partial charge on any atom is 0.269 e. The van der Waals surface area contributed by atoms with Crippen LogP contribution in [0.2, 0.25) is 0 Å². The highest BCUT2D eigenvalue weighted by Gasteiger charge is 2.17. The lowest BCUT2D eigenvalue weighted by Gasteiger charge is -2.11. The van der Waals surface area contributed by atoms with Crippen LogP contribution in [-0.4, -0.2) is 26.7 Å². The molecule has 0 amide bonds. The molecule has 39 heavy (non-hydrogen) atoms. The zero-order valence-corrected chi connectivity index (χ0v) is 21.3. The predicted octanol–water partition coefficient (Wildman–Crippen LogP) is 4.90. The first kappa shape index (κ1) is 27.0. The summed E-state index contributed by atoms with van der Waals surface area (Å²) < 4.78 is 60.8. The molecule has 0 bridgehead atoms. The van der Waals surface area contributed by atoms with Gasteiger partial charge in [-0.1, -0.05) is 0 Å². The molecule has 4 rings (SSSR count). The molecule has 0 unspecified atom stereocenters. The van der Waals surface area contributed by atoms with Crippen molar-refractivity contribution in [2.75, 3.05) is 9.44 Å². The van der Waals surface area contributed by atoms with E-state index in [1.165, 1.54) is 97.1 Å². The molecule has 4 aromatic rings. The summed E-state index contributed by atoms with van der Waals surface area (Å²) in [5, 5.41) is 21.5. The molecule has 0 heterocycles. The third kappa shape index (κ3) is 6.65. The van der Waals surface area contributed by atoms with E-state index in [0.717, 1.165) is 0 Å². The van der Waals surface area contributed by atoms with Gasteiger partial charge in [-0.15, -0.1) is 0 Å². The van der Waals surface area contributed by atoms with Gasteiger partial charge in [0.2, 0.25) is 0 Å². The van der Waals surface area contributed by atoms with Crippen LogP contribution in [0.3, 0.4) is 0 Å². The summed E-state index contributed by atoms with van der Waals surface area (Å²) in [5.74, 6) is 0.563. The van der Waals surface area contributed by atoms with Gasteiger partial charge in [-0.2, -0.15) is 0 Å². The Kier molecular flexibility index (Phi) is 7.46. The Balaban J connectivity index is 1.40. The SMILES string of the molecule is O=[N+]([O-])c1ccc(NS(=O)(=O)c2ccc(Oc3ccc(S(=O)(=O)Nc4ccc([N+](=O)[O-])cc4)cc3)cc2)cc1. The van der Waals surface area contributed by atoms with Gasteiger partial charge in [0.05, 0.1) is 19.6 Å².